The smallest absolute Gasteiger partial charge is 0.338 e. The molecule has 19 heavy (non-hydrogen) atoms. The van der Waals surface area contributed by atoms with Crippen LogP contribution in [0, 0.1) is 0 Å². The zero-order valence-electron chi connectivity index (χ0n) is 11.0. The van der Waals surface area contributed by atoms with Gasteiger partial charge in [0, 0.05) is 0 Å². The monoisotopic (exact) mass is 252 g/mol. The van der Waals surface area contributed by atoms with E-state index in [9.17, 15) is 4.79 Å². The van der Waals surface area contributed by atoms with E-state index in [2.05, 4.69) is 19.1 Å². The van der Waals surface area contributed by atoms with E-state index in [1.54, 1.807) is 0 Å². The second-order valence-corrected chi connectivity index (χ2v) is 4.80. The molecule has 1 aliphatic carbocycles. The largest absolute Gasteiger partial charge is 0.462 e. The number of carbonyl (C=O) groups excluding carboxylic acids is 1. The van der Waals surface area contributed by atoms with Crippen molar-refractivity contribution in [1.82, 2.24) is 0 Å². The molecule has 0 unspecified atom stereocenters. The number of benzene rings is 2. The van der Waals surface area contributed by atoms with Gasteiger partial charge in [0.25, 0.3) is 0 Å². The Balaban J connectivity index is 1.95. The van der Waals surface area contributed by atoms with Crippen molar-refractivity contribution >= 4 is 28.4 Å². The van der Waals surface area contributed by atoms with Crippen LogP contribution in [-0.4, -0.2) is 12.6 Å². The summed E-state index contributed by atoms with van der Waals surface area (Å²) in [5.41, 5.74) is 2.79. The molecule has 0 bridgehead atoms. The molecular formula is C17H16O2. The Bertz CT molecular complexity index is 663. The van der Waals surface area contributed by atoms with Crippen LogP contribution in [-0.2, 0) is 9.53 Å². The van der Waals surface area contributed by atoms with Crippen molar-refractivity contribution < 1.29 is 9.53 Å². The van der Waals surface area contributed by atoms with Gasteiger partial charge in [-0.2, -0.15) is 0 Å². The van der Waals surface area contributed by atoms with Crippen LogP contribution in [0.25, 0.3) is 22.4 Å². The predicted octanol–water partition coefficient (Wildman–Crippen LogP) is 4.04. The normalized spacial score (nSPS) is 12.6. The summed E-state index contributed by atoms with van der Waals surface area (Å²) in [6.45, 7) is 2.58. The minimum atomic E-state index is -0.211. The zero-order chi connectivity index (χ0) is 13.2. The number of rotatable bonds is 4. The molecule has 1 aliphatic rings. The quantitative estimate of drug-likeness (QED) is 0.606. The maximum absolute atomic E-state index is 12.1. The summed E-state index contributed by atoms with van der Waals surface area (Å²) >= 11 is 0. The third-order valence-corrected chi connectivity index (χ3v) is 3.48. The van der Waals surface area contributed by atoms with Gasteiger partial charge in [-0.25, -0.2) is 4.79 Å². The molecule has 0 saturated carbocycles. The molecule has 96 valence electrons. The number of unbranched alkanes of at least 4 members (excludes halogenated alkanes) is 1. The molecule has 0 aromatic heterocycles. The Labute approximate surface area is 112 Å². The van der Waals surface area contributed by atoms with Crippen molar-refractivity contribution in [3.05, 3.63) is 47.5 Å². The molecule has 0 N–H and O–H groups in total. The van der Waals surface area contributed by atoms with Gasteiger partial charge in [-0.1, -0.05) is 49.7 Å². The second-order valence-electron chi connectivity index (χ2n) is 4.80. The van der Waals surface area contributed by atoms with E-state index in [0.29, 0.717) is 12.2 Å². The van der Waals surface area contributed by atoms with Crippen molar-refractivity contribution in [2.24, 2.45) is 0 Å². The van der Waals surface area contributed by atoms with Crippen molar-refractivity contribution in [1.29, 1.82) is 0 Å². The van der Waals surface area contributed by atoms with E-state index in [-0.39, 0.29) is 5.97 Å². The van der Waals surface area contributed by atoms with E-state index >= 15 is 0 Å². The lowest BCUT2D eigenvalue weighted by molar-refractivity contribution is -0.136. The van der Waals surface area contributed by atoms with E-state index in [1.165, 1.54) is 5.39 Å². The Morgan fingerprint density at radius 3 is 2.74 bits per heavy atom. The van der Waals surface area contributed by atoms with Gasteiger partial charge in [-0.05, 0) is 34.4 Å². The molecule has 0 atom stereocenters. The Morgan fingerprint density at radius 1 is 1.16 bits per heavy atom. The average Bonchev–Trinajstić information content (AvgIpc) is 2.81. The van der Waals surface area contributed by atoms with Gasteiger partial charge < -0.3 is 4.74 Å². The van der Waals surface area contributed by atoms with Crippen molar-refractivity contribution in [3.63, 3.8) is 0 Å². The first kappa shape index (κ1) is 12.0. The summed E-state index contributed by atoms with van der Waals surface area (Å²) in [7, 11) is 0. The number of ether oxygens (including phenoxy) is 1. The molecule has 0 saturated heterocycles. The van der Waals surface area contributed by atoms with Gasteiger partial charge in [0.05, 0.1) is 12.2 Å². The van der Waals surface area contributed by atoms with Crippen LogP contribution in [0.2, 0.25) is 0 Å². The fraction of sp³-hybridized carbons (Fsp3) is 0.235. The fourth-order valence-corrected chi connectivity index (χ4v) is 2.50. The number of hydrogen-bond donors (Lipinski definition) is 0. The molecule has 0 radical (unpaired) electrons. The minimum Gasteiger partial charge on any atom is -0.462 e. The van der Waals surface area contributed by atoms with Gasteiger partial charge in [0.2, 0.25) is 0 Å². The highest BCUT2D eigenvalue weighted by Gasteiger charge is 2.22. The summed E-state index contributed by atoms with van der Waals surface area (Å²) in [5, 5.41) is 2.33. The fourth-order valence-electron chi connectivity index (χ4n) is 2.50. The number of carbonyl (C=O) groups is 1. The predicted molar refractivity (Wildman–Crippen MR) is 77.7 cm³/mol. The van der Waals surface area contributed by atoms with Crippen LogP contribution in [0.3, 0.4) is 0 Å². The first-order valence-corrected chi connectivity index (χ1v) is 6.72. The highest BCUT2D eigenvalue weighted by Crippen LogP contribution is 2.36. The standard InChI is InChI=1S/C17H16O2/c1-2-3-10-19-17(18)15-11-13-8-4-6-12-7-5-9-14(15)16(12)13/h4-9,11H,2-3,10H2,1H3. The Hall–Kier alpha value is -2.09. The van der Waals surface area contributed by atoms with Crippen LogP contribution in [0.5, 0.6) is 0 Å². The van der Waals surface area contributed by atoms with Crippen molar-refractivity contribution in [2.45, 2.75) is 19.8 Å². The molecule has 0 spiro atoms. The van der Waals surface area contributed by atoms with E-state index < -0.39 is 0 Å². The third kappa shape index (κ3) is 2.03. The number of esters is 1. The first-order valence-electron chi connectivity index (χ1n) is 6.72. The van der Waals surface area contributed by atoms with Crippen LogP contribution in [0.4, 0.5) is 0 Å². The molecule has 2 aromatic carbocycles. The molecule has 0 amide bonds. The first-order chi connectivity index (χ1) is 9.31. The molecule has 2 aromatic rings. The van der Waals surface area contributed by atoms with Gasteiger partial charge in [-0.3, -0.25) is 0 Å². The molecule has 0 aliphatic heterocycles. The highest BCUT2D eigenvalue weighted by atomic mass is 16.5. The van der Waals surface area contributed by atoms with E-state index in [4.69, 9.17) is 4.74 Å². The zero-order valence-corrected chi connectivity index (χ0v) is 11.0. The molecule has 0 fully saturated rings. The molecule has 3 rings (SSSR count). The lowest BCUT2D eigenvalue weighted by atomic mass is 10.0. The van der Waals surface area contributed by atoms with Crippen molar-refractivity contribution in [2.75, 3.05) is 6.61 Å². The van der Waals surface area contributed by atoms with Crippen LogP contribution < -0.4 is 0 Å². The average molecular weight is 252 g/mol. The van der Waals surface area contributed by atoms with Gasteiger partial charge in [0.1, 0.15) is 0 Å². The van der Waals surface area contributed by atoms with Gasteiger partial charge in [-0.15, -0.1) is 0 Å². The van der Waals surface area contributed by atoms with E-state index in [1.807, 2.05) is 30.3 Å². The summed E-state index contributed by atoms with van der Waals surface area (Å²) in [6, 6.07) is 12.2. The summed E-state index contributed by atoms with van der Waals surface area (Å²) in [4.78, 5) is 12.1. The second kappa shape index (κ2) is 4.88. The molecular weight excluding hydrogens is 236 g/mol. The van der Waals surface area contributed by atoms with Crippen molar-refractivity contribution in [3.8, 4) is 0 Å². The number of hydrogen-bond acceptors (Lipinski definition) is 2. The van der Waals surface area contributed by atoms with Crippen LogP contribution in [0.15, 0.2) is 36.4 Å². The highest BCUT2D eigenvalue weighted by molar-refractivity contribution is 6.29. The molecule has 0 heterocycles. The minimum absolute atomic E-state index is 0.211. The van der Waals surface area contributed by atoms with Gasteiger partial charge >= 0.3 is 5.97 Å². The van der Waals surface area contributed by atoms with Gasteiger partial charge in [0.15, 0.2) is 0 Å². The summed E-state index contributed by atoms with van der Waals surface area (Å²) in [5.74, 6) is -0.211. The Kier molecular flexibility index (Phi) is 3.08. The van der Waals surface area contributed by atoms with Crippen LogP contribution in [0.1, 0.15) is 30.9 Å². The molecule has 2 nitrogen and oxygen atoms in total. The maximum Gasteiger partial charge on any atom is 0.338 e. The SMILES string of the molecule is CCCCOC(=O)C1=Cc2cccc3cccc1c23. The third-order valence-electron chi connectivity index (χ3n) is 3.48. The maximum atomic E-state index is 12.1. The van der Waals surface area contributed by atoms with Crippen LogP contribution >= 0.6 is 0 Å². The van der Waals surface area contributed by atoms with E-state index in [0.717, 1.165) is 29.4 Å². The Morgan fingerprint density at radius 2 is 1.95 bits per heavy atom. The summed E-state index contributed by atoms with van der Waals surface area (Å²) in [6.07, 6.45) is 3.88. The lowest BCUT2D eigenvalue weighted by Crippen LogP contribution is -2.07. The molecule has 2 heteroatoms. The topological polar surface area (TPSA) is 26.3 Å². The lowest BCUT2D eigenvalue weighted by Gasteiger charge is -2.06. The summed E-state index contributed by atoms with van der Waals surface area (Å²) < 4.78 is 5.32.